The summed E-state index contributed by atoms with van der Waals surface area (Å²) in [6.45, 7) is 4.25. The Kier molecular flexibility index (Phi) is 6.40. The predicted molar refractivity (Wildman–Crippen MR) is 128 cm³/mol. The highest BCUT2D eigenvalue weighted by molar-refractivity contribution is 6.17. The van der Waals surface area contributed by atoms with E-state index in [4.69, 9.17) is 4.74 Å². The molecule has 0 unspecified atom stereocenters. The number of fused-ring (bicyclic) bond motifs is 1. The summed E-state index contributed by atoms with van der Waals surface area (Å²) in [6.07, 6.45) is -0.210. The van der Waals surface area contributed by atoms with Gasteiger partial charge in [-0.1, -0.05) is 42.0 Å². The molecule has 4 rings (SSSR count). The molecule has 0 aliphatic carbocycles. The third kappa shape index (κ3) is 4.72. The molecule has 0 bridgehead atoms. The number of carbonyl (C=O) groups excluding carboxylic acids is 3. The number of hydrogen-bond acceptors (Lipinski definition) is 4. The topological polar surface area (TPSA) is 87.7 Å². The number of carbonyl (C=O) groups is 3. The summed E-state index contributed by atoms with van der Waals surface area (Å²) in [4.78, 5) is 40.9. The van der Waals surface area contributed by atoms with E-state index in [0.29, 0.717) is 35.0 Å². The van der Waals surface area contributed by atoms with Gasteiger partial charge < -0.3 is 15.4 Å². The standard InChI is InChI=1S/C26H25N3O4/c1-3-33-23-11-7-5-9-20(23)27-24(30)16-22-25(31)28-19-8-4-6-10-21(19)29(22)26(32)18-14-12-17(2)13-15-18/h4-15,22H,3,16H2,1-2H3,(H,27,30)(H,28,31)/t22-/m0/s1. The van der Waals surface area contributed by atoms with Crippen LogP contribution in [-0.4, -0.2) is 30.4 Å². The van der Waals surface area contributed by atoms with Crippen molar-refractivity contribution in [1.29, 1.82) is 0 Å². The van der Waals surface area contributed by atoms with Crippen molar-refractivity contribution in [3.05, 3.63) is 83.9 Å². The van der Waals surface area contributed by atoms with Gasteiger partial charge in [0.05, 0.1) is 30.1 Å². The fraction of sp³-hybridized carbons (Fsp3) is 0.192. The van der Waals surface area contributed by atoms with Gasteiger partial charge in [-0.2, -0.15) is 0 Å². The summed E-state index contributed by atoms with van der Waals surface area (Å²) >= 11 is 0. The third-order valence-electron chi connectivity index (χ3n) is 5.39. The number of nitrogens with zero attached hydrogens (tertiary/aromatic N) is 1. The minimum atomic E-state index is -1.01. The van der Waals surface area contributed by atoms with E-state index in [1.807, 2.05) is 32.0 Å². The normalized spacial score (nSPS) is 14.8. The lowest BCUT2D eigenvalue weighted by molar-refractivity contribution is -0.122. The number of ether oxygens (including phenoxy) is 1. The lowest BCUT2D eigenvalue weighted by Gasteiger charge is -2.36. The number of benzene rings is 3. The van der Waals surface area contributed by atoms with E-state index < -0.39 is 17.9 Å². The van der Waals surface area contributed by atoms with E-state index in [0.717, 1.165) is 5.56 Å². The highest BCUT2D eigenvalue weighted by Gasteiger charge is 2.38. The third-order valence-corrected chi connectivity index (χ3v) is 5.39. The molecule has 3 aromatic carbocycles. The Balaban J connectivity index is 1.64. The minimum Gasteiger partial charge on any atom is -0.492 e. The molecule has 0 spiro atoms. The molecule has 7 nitrogen and oxygen atoms in total. The summed E-state index contributed by atoms with van der Waals surface area (Å²) in [5.74, 6) is -0.616. The molecule has 33 heavy (non-hydrogen) atoms. The minimum absolute atomic E-state index is 0.210. The van der Waals surface area contributed by atoms with Crippen molar-refractivity contribution >= 4 is 34.8 Å². The van der Waals surface area contributed by atoms with Crippen molar-refractivity contribution in [3.8, 4) is 5.75 Å². The van der Waals surface area contributed by atoms with Gasteiger partial charge in [-0.25, -0.2) is 0 Å². The Hall–Kier alpha value is -4.13. The van der Waals surface area contributed by atoms with Crippen molar-refractivity contribution < 1.29 is 19.1 Å². The first kappa shape index (κ1) is 22.1. The van der Waals surface area contributed by atoms with Gasteiger partial charge in [-0.05, 0) is 50.2 Å². The summed E-state index contributed by atoms with van der Waals surface area (Å²) in [7, 11) is 0. The first-order chi connectivity index (χ1) is 16.0. The second-order valence-corrected chi connectivity index (χ2v) is 7.74. The molecule has 0 aromatic heterocycles. The van der Waals surface area contributed by atoms with Crippen LogP contribution >= 0.6 is 0 Å². The van der Waals surface area contributed by atoms with Crippen LogP contribution in [0.5, 0.6) is 5.75 Å². The first-order valence-corrected chi connectivity index (χ1v) is 10.8. The highest BCUT2D eigenvalue weighted by atomic mass is 16.5. The van der Waals surface area contributed by atoms with Gasteiger partial charge in [0.1, 0.15) is 11.8 Å². The molecule has 1 atom stereocenters. The Labute approximate surface area is 192 Å². The van der Waals surface area contributed by atoms with Crippen LogP contribution in [0.2, 0.25) is 0 Å². The molecule has 2 N–H and O–H groups in total. The van der Waals surface area contributed by atoms with Crippen molar-refractivity contribution in [2.24, 2.45) is 0 Å². The number of hydrogen-bond donors (Lipinski definition) is 2. The molecule has 1 aliphatic heterocycles. The Morgan fingerprint density at radius 3 is 2.45 bits per heavy atom. The quantitative estimate of drug-likeness (QED) is 0.592. The summed E-state index contributed by atoms with van der Waals surface area (Å²) in [6, 6.07) is 20.3. The number of nitrogens with one attached hydrogen (secondary N) is 2. The zero-order valence-electron chi connectivity index (χ0n) is 18.5. The van der Waals surface area contributed by atoms with Crippen LogP contribution in [0.3, 0.4) is 0 Å². The van der Waals surface area contributed by atoms with Gasteiger partial charge in [0.15, 0.2) is 0 Å². The maximum atomic E-state index is 13.5. The van der Waals surface area contributed by atoms with Gasteiger partial charge in [0.2, 0.25) is 11.8 Å². The monoisotopic (exact) mass is 443 g/mol. The van der Waals surface area contributed by atoms with Gasteiger partial charge in [0, 0.05) is 5.56 Å². The smallest absolute Gasteiger partial charge is 0.259 e. The Morgan fingerprint density at radius 1 is 1.00 bits per heavy atom. The zero-order chi connectivity index (χ0) is 23.4. The van der Waals surface area contributed by atoms with Crippen LogP contribution in [0.25, 0.3) is 0 Å². The molecule has 3 amide bonds. The SMILES string of the molecule is CCOc1ccccc1NC(=O)C[C@H]1C(=O)Nc2ccccc2N1C(=O)c1ccc(C)cc1. The van der Waals surface area contributed by atoms with E-state index in [-0.39, 0.29) is 12.3 Å². The van der Waals surface area contributed by atoms with E-state index in [1.54, 1.807) is 54.6 Å². The molecule has 1 aliphatic rings. The van der Waals surface area contributed by atoms with Crippen molar-refractivity contribution in [2.45, 2.75) is 26.3 Å². The Bertz CT molecular complexity index is 1190. The number of anilines is 3. The van der Waals surface area contributed by atoms with Crippen LogP contribution in [-0.2, 0) is 9.59 Å². The maximum Gasteiger partial charge on any atom is 0.259 e. The molecule has 0 saturated heterocycles. The molecular formula is C26H25N3O4. The molecule has 168 valence electrons. The van der Waals surface area contributed by atoms with Crippen molar-refractivity contribution in [3.63, 3.8) is 0 Å². The fourth-order valence-corrected chi connectivity index (χ4v) is 3.79. The average molecular weight is 444 g/mol. The molecule has 0 saturated carbocycles. The maximum absolute atomic E-state index is 13.5. The van der Waals surface area contributed by atoms with Gasteiger partial charge >= 0.3 is 0 Å². The van der Waals surface area contributed by atoms with Gasteiger partial charge in [-0.15, -0.1) is 0 Å². The van der Waals surface area contributed by atoms with E-state index in [1.165, 1.54) is 4.90 Å². The predicted octanol–water partition coefficient (Wildman–Crippen LogP) is 4.39. The van der Waals surface area contributed by atoms with E-state index >= 15 is 0 Å². The largest absolute Gasteiger partial charge is 0.492 e. The zero-order valence-corrected chi connectivity index (χ0v) is 18.5. The highest BCUT2D eigenvalue weighted by Crippen LogP contribution is 2.34. The number of rotatable bonds is 6. The second-order valence-electron chi connectivity index (χ2n) is 7.74. The van der Waals surface area contributed by atoms with E-state index in [9.17, 15) is 14.4 Å². The van der Waals surface area contributed by atoms with Gasteiger partial charge in [0.25, 0.3) is 5.91 Å². The number of aryl methyl sites for hydroxylation is 1. The fourth-order valence-electron chi connectivity index (χ4n) is 3.79. The molecule has 7 heteroatoms. The average Bonchev–Trinajstić information content (AvgIpc) is 2.81. The van der Waals surface area contributed by atoms with Crippen LogP contribution in [0.15, 0.2) is 72.8 Å². The first-order valence-electron chi connectivity index (χ1n) is 10.8. The molecular weight excluding hydrogens is 418 g/mol. The van der Waals surface area contributed by atoms with Crippen LogP contribution < -0.4 is 20.3 Å². The summed E-state index contributed by atoms with van der Waals surface area (Å²) < 4.78 is 5.56. The van der Waals surface area contributed by atoms with Gasteiger partial charge in [-0.3, -0.25) is 19.3 Å². The molecule has 1 heterocycles. The summed E-state index contributed by atoms with van der Waals surface area (Å²) in [5, 5.41) is 5.63. The van der Waals surface area contributed by atoms with Crippen LogP contribution in [0.1, 0.15) is 29.3 Å². The summed E-state index contributed by atoms with van der Waals surface area (Å²) in [5.41, 5.74) is 3.05. The number of para-hydroxylation sites is 4. The van der Waals surface area contributed by atoms with Crippen molar-refractivity contribution in [2.75, 3.05) is 22.1 Å². The van der Waals surface area contributed by atoms with Crippen molar-refractivity contribution in [1.82, 2.24) is 0 Å². The van der Waals surface area contributed by atoms with E-state index in [2.05, 4.69) is 10.6 Å². The molecule has 0 fully saturated rings. The van der Waals surface area contributed by atoms with Crippen LogP contribution in [0, 0.1) is 6.92 Å². The number of amides is 3. The Morgan fingerprint density at radius 2 is 1.70 bits per heavy atom. The molecule has 3 aromatic rings. The second kappa shape index (κ2) is 9.56. The molecule has 0 radical (unpaired) electrons. The van der Waals surface area contributed by atoms with Crippen LogP contribution in [0.4, 0.5) is 17.1 Å². The lowest BCUT2D eigenvalue weighted by Crippen LogP contribution is -2.52. The lowest BCUT2D eigenvalue weighted by atomic mass is 10.0.